The number of ketones is 1. The van der Waals surface area contributed by atoms with E-state index in [2.05, 4.69) is 4.98 Å². The van der Waals surface area contributed by atoms with E-state index in [0.717, 1.165) is 11.3 Å². The van der Waals surface area contributed by atoms with Gasteiger partial charge in [-0.2, -0.15) is 0 Å². The molecule has 0 unspecified atom stereocenters. The number of thiazole rings is 1. The lowest BCUT2D eigenvalue weighted by atomic mass is 10.2. The minimum atomic E-state index is -0.324. The number of nitrogens with one attached hydrogen (secondary N) is 1. The number of hydrogen-bond acceptors (Lipinski definition) is 6. The third-order valence-corrected chi connectivity index (χ3v) is 4.17. The zero-order chi connectivity index (χ0) is 17.1. The number of ether oxygens (including phenoxy) is 1. The molecule has 122 valence electrons. The summed E-state index contributed by atoms with van der Waals surface area (Å²) in [6.07, 6.45) is 4.38. The van der Waals surface area contributed by atoms with Crippen LogP contribution >= 0.6 is 11.3 Å². The Kier molecular flexibility index (Phi) is 4.35. The molecule has 0 aliphatic rings. The molecule has 3 rings (SSSR count). The lowest BCUT2D eigenvalue weighted by Gasteiger charge is -2.03. The topological polar surface area (TPSA) is 92.5 Å². The largest absolute Gasteiger partial charge is 0.504 e. The van der Waals surface area contributed by atoms with Gasteiger partial charge in [0, 0.05) is 6.08 Å². The highest BCUT2D eigenvalue weighted by molar-refractivity contribution is 7.07. The maximum atomic E-state index is 12.0. The second-order valence-electron chi connectivity index (χ2n) is 4.85. The van der Waals surface area contributed by atoms with Gasteiger partial charge in [0.1, 0.15) is 0 Å². The van der Waals surface area contributed by atoms with E-state index in [1.165, 1.54) is 25.5 Å². The van der Waals surface area contributed by atoms with Gasteiger partial charge in [0.05, 0.1) is 22.6 Å². The molecular formula is C17H13NO5S. The highest BCUT2D eigenvalue weighted by Crippen LogP contribution is 2.26. The second-order valence-corrected chi connectivity index (χ2v) is 5.93. The van der Waals surface area contributed by atoms with Crippen LogP contribution in [-0.2, 0) is 0 Å². The number of carbonyl (C=O) groups excluding carboxylic acids is 1. The van der Waals surface area contributed by atoms with Crippen LogP contribution in [0.1, 0.15) is 16.1 Å². The van der Waals surface area contributed by atoms with Gasteiger partial charge in [0.2, 0.25) is 5.78 Å². The minimum absolute atomic E-state index is 0.0211. The summed E-state index contributed by atoms with van der Waals surface area (Å²) in [5, 5.41) is 9.59. The fourth-order valence-corrected chi connectivity index (χ4v) is 2.95. The van der Waals surface area contributed by atoms with Gasteiger partial charge in [-0.25, -0.2) is 0 Å². The zero-order valence-electron chi connectivity index (χ0n) is 12.6. The number of rotatable bonds is 4. The second kappa shape index (κ2) is 6.59. The molecule has 0 aliphatic heterocycles. The number of Topliss-reactive ketones (excluding diaryl/α,β-unsaturated/α-hetero) is 1. The molecule has 0 bridgehead atoms. The summed E-state index contributed by atoms with van der Waals surface area (Å²) in [5.41, 5.74) is 0.395. The van der Waals surface area contributed by atoms with E-state index in [0.29, 0.717) is 20.5 Å². The highest BCUT2D eigenvalue weighted by atomic mass is 32.1. The summed E-state index contributed by atoms with van der Waals surface area (Å²) >= 11 is 1.15. The Morgan fingerprint density at radius 3 is 2.92 bits per heavy atom. The van der Waals surface area contributed by atoms with Gasteiger partial charge < -0.3 is 19.2 Å². The molecular weight excluding hydrogens is 330 g/mol. The van der Waals surface area contributed by atoms with Gasteiger partial charge in [0.25, 0.3) is 5.56 Å². The molecule has 3 aromatic rings. The van der Waals surface area contributed by atoms with Crippen LogP contribution < -0.4 is 19.5 Å². The van der Waals surface area contributed by atoms with Crippen LogP contribution in [0.25, 0.3) is 12.2 Å². The van der Waals surface area contributed by atoms with E-state index >= 15 is 0 Å². The van der Waals surface area contributed by atoms with E-state index in [9.17, 15) is 14.7 Å². The van der Waals surface area contributed by atoms with Crippen LogP contribution in [0.15, 0.2) is 45.8 Å². The Morgan fingerprint density at radius 2 is 2.21 bits per heavy atom. The summed E-state index contributed by atoms with van der Waals surface area (Å²) in [7, 11) is 1.45. The van der Waals surface area contributed by atoms with Crippen LogP contribution in [0.2, 0.25) is 0 Å². The summed E-state index contributed by atoms with van der Waals surface area (Å²) in [5.74, 6) is 0.220. The highest BCUT2D eigenvalue weighted by Gasteiger charge is 2.06. The van der Waals surface area contributed by atoms with Crippen LogP contribution in [0.3, 0.4) is 0 Å². The number of aromatic nitrogens is 1. The van der Waals surface area contributed by atoms with Crippen molar-refractivity contribution in [3.05, 3.63) is 67.5 Å². The molecule has 24 heavy (non-hydrogen) atoms. The van der Waals surface area contributed by atoms with Crippen molar-refractivity contribution in [3.8, 4) is 11.5 Å². The first kappa shape index (κ1) is 15.8. The van der Waals surface area contributed by atoms with Crippen molar-refractivity contribution in [1.82, 2.24) is 4.98 Å². The lowest BCUT2D eigenvalue weighted by molar-refractivity contribution is 0.103. The van der Waals surface area contributed by atoms with Crippen molar-refractivity contribution in [2.45, 2.75) is 0 Å². The average molecular weight is 343 g/mol. The molecule has 0 spiro atoms. The number of aromatic hydroxyl groups is 1. The maximum absolute atomic E-state index is 12.0. The molecule has 0 saturated heterocycles. The third-order valence-electron chi connectivity index (χ3n) is 3.21. The van der Waals surface area contributed by atoms with E-state index in [-0.39, 0.29) is 22.9 Å². The Hall–Kier alpha value is -3.06. The monoisotopic (exact) mass is 343 g/mol. The number of hydrogen-bond donors (Lipinski definition) is 2. The van der Waals surface area contributed by atoms with Gasteiger partial charge >= 0.3 is 0 Å². The average Bonchev–Trinajstić information content (AvgIpc) is 3.20. The van der Waals surface area contributed by atoms with Crippen molar-refractivity contribution < 1.29 is 19.1 Å². The summed E-state index contributed by atoms with van der Waals surface area (Å²) < 4.78 is 10.9. The lowest BCUT2D eigenvalue weighted by Crippen LogP contribution is -2.20. The van der Waals surface area contributed by atoms with E-state index in [1.807, 2.05) is 0 Å². The summed E-state index contributed by atoms with van der Waals surface area (Å²) in [6.45, 7) is 0. The number of methoxy groups -OCH3 is 1. The Bertz CT molecular complexity index is 1040. The fraction of sp³-hybridized carbons (Fsp3) is 0.0588. The molecule has 0 radical (unpaired) electrons. The van der Waals surface area contributed by atoms with Crippen molar-refractivity contribution in [2.75, 3.05) is 7.11 Å². The quantitative estimate of drug-likeness (QED) is 0.695. The first-order valence-corrected chi connectivity index (χ1v) is 7.76. The Morgan fingerprint density at radius 1 is 1.38 bits per heavy atom. The van der Waals surface area contributed by atoms with Gasteiger partial charge in [-0.1, -0.05) is 6.07 Å². The summed E-state index contributed by atoms with van der Waals surface area (Å²) in [4.78, 5) is 26.6. The number of benzene rings is 1. The first-order chi connectivity index (χ1) is 11.6. The number of H-pyrrole nitrogens is 1. The molecule has 0 atom stereocenters. The van der Waals surface area contributed by atoms with E-state index in [4.69, 9.17) is 9.15 Å². The van der Waals surface area contributed by atoms with Crippen molar-refractivity contribution in [1.29, 1.82) is 0 Å². The third kappa shape index (κ3) is 3.31. The first-order valence-electron chi connectivity index (χ1n) is 6.94. The van der Waals surface area contributed by atoms with Crippen molar-refractivity contribution >= 4 is 29.3 Å². The number of furan rings is 1. The standard InChI is InChI=1S/C17H13NO5S/c1-22-14-7-10(4-5-11(14)19)8-15-17(21)18-16(24-15)9-12(20)13-3-2-6-23-13/h2-9,19H,1H3,(H,18,21). The fourth-order valence-electron chi connectivity index (χ4n) is 2.07. The number of phenols is 1. The molecule has 6 nitrogen and oxygen atoms in total. The van der Waals surface area contributed by atoms with Gasteiger partial charge in [-0.15, -0.1) is 11.3 Å². The van der Waals surface area contributed by atoms with E-state index in [1.54, 1.807) is 30.3 Å². The SMILES string of the molecule is COc1cc(C=c2sc(=CC(=O)c3ccco3)[nH]c2=O)ccc1O. The van der Waals surface area contributed by atoms with E-state index < -0.39 is 0 Å². The predicted molar refractivity (Wildman–Crippen MR) is 89.9 cm³/mol. The molecule has 7 heteroatoms. The van der Waals surface area contributed by atoms with Crippen LogP contribution in [0.4, 0.5) is 0 Å². The smallest absolute Gasteiger partial charge is 0.266 e. The van der Waals surface area contributed by atoms with Crippen molar-refractivity contribution in [3.63, 3.8) is 0 Å². The molecule has 2 aromatic heterocycles. The maximum Gasteiger partial charge on any atom is 0.266 e. The minimum Gasteiger partial charge on any atom is -0.504 e. The Balaban J connectivity index is 2.00. The van der Waals surface area contributed by atoms with Gasteiger partial charge in [0.15, 0.2) is 17.3 Å². The van der Waals surface area contributed by atoms with Crippen molar-refractivity contribution in [2.24, 2.45) is 0 Å². The molecule has 0 fully saturated rings. The number of phenolic OH excluding ortho intramolecular Hbond substituents is 1. The Labute approximate surface area is 140 Å². The van der Waals surface area contributed by atoms with Crippen LogP contribution in [0.5, 0.6) is 11.5 Å². The summed E-state index contributed by atoms with van der Waals surface area (Å²) in [6, 6.07) is 7.94. The van der Waals surface area contributed by atoms with Gasteiger partial charge in [-0.05, 0) is 35.9 Å². The molecule has 2 heterocycles. The van der Waals surface area contributed by atoms with Crippen LogP contribution in [-0.4, -0.2) is 23.0 Å². The molecule has 2 N–H and O–H groups in total. The molecule has 0 saturated carbocycles. The number of carbonyl (C=O) groups is 1. The molecule has 0 amide bonds. The predicted octanol–water partition coefficient (Wildman–Crippen LogP) is 1.24. The van der Waals surface area contributed by atoms with Crippen LogP contribution in [0, 0.1) is 0 Å². The zero-order valence-corrected chi connectivity index (χ0v) is 13.4. The number of aromatic amines is 1. The molecule has 1 aromatic carbocycles. The molecule has 0 aliphatic carbocycles. The normalized spacial score (nSPS) is 12.5. The van der Waals surface area contributed by atoms with Gasteiger partial charge in [-0.3, -0.25) is 9.59 Å².